The van der Waals surface area contributed by atoms with E-state index in [2.05, 4.69) is 5.43 Å². The predicted molar refractivity (Wildman–Crippen MR) is 98.0 cm³/mol. The molecule has 1 amide bonds. The highest BCUT2D eigenvalue weighted by Crippen LogP contribution is 2.08. The summed E-state index contributed by atoms with van der Waals surface area (Å²) < 4.78 is 5.20. The molecule has 0 bridgehead atoms. The zero-order valence-corrected chi connectivity index (χ0v) is 13.8. The molecule has 0 atom stereocenters. The van der Waals surface area contributed by atoms with Crippen LogP contribution in [0.15, 0.2) is 89.6 Å². The van der Waals surface area contributed by atoms with Crippen molar-refractivity contribution in [2.24, 2.45) is 0 Å². The predicted octanol–water partition coefficient (Wildman–Crippen LogP) is 4.03. The number of carbonyl (C=O) groups is 1. The van der Waals surface area contributed by atoms with E-state index in [0.29, 0.717) is 18.8 Å². The number of benzene rings is 2. The molecule has 0 unspecified atom stereocenters. The lowest BCUT2D eigenvalue weighted by Gasteiger charge is -2.22. The maximum atomic E-state index is 12.2. The molecule has 1 N–H and O–H groups in total. The van der Waals surface area contributed by atoms with E-state index in [1.54, 1.807) is 24.5 Å². The monoisotopic (exact) mass is 332 g/mol. The van der Waals surface area contributed by atoms with Crippen molar-refractivity contribution in [3.8, 4) is 0 Å². The topological polar surface area (TPSA) is 45.5 Å². The van der Waals surface area contributed by atoms with Crippen LogP contribution in [0.25, 0.3) is 6.08 Å². The number of nitrogens with zero attached hydrogens (tertiary/aromatic N) is 1. The maximum Gasteiger partial charge on any atom is 0.258 e. The van der Waals surface area contributed by atoms with Gasteiger partial charge in [-0.2, -0.15) is 0 Å². The van der Waals surface area contributed by atoms with Gasteiger partial charge in [-0.25, -0.2) is 5.01 Å². The van der Waals surface area contributed by atoms with Crippen molar-refractivity contribution in [2.45, 2.75) is 13.1 Å². The Morgan fingerprint density at radius 1 is 0.880 bits per heavy atom. The van der Waals surface area contributed by atoms with Crippen LogP contribution in [-0.2, 0) is 17.9 Å². The van der Waals surface area contributed by atoms with Crippen LogP contribution in [0.3, 0.4) is 0 Å². The first-order chi connectivity index (χ1) is 12.3. The molecule has 1 heterocycles. The summed E-state index contributed by atoms with van der Waals surface area (Å²) in [6.45, 7) is 1.24. The number of hydrogen-bond acceptors (Lipinski definition) is 3. The lowest BCUT2D eigenvalue weighted by Crippen LogP contribution is -2.40. The Morgan fingerprint density at radius 3 is 2.00 bits per heavy atom. The molecule has 4 heteroatoms. The van der Waals surface area contributed by atoms with Crippen molar-refractivity contribution in [1.82, 2.24) is 10.4 Å². The average Bonchev–Trinajstić information content (AvgIpc) is 3.15. The zero-order valence-electron chi connectivity index (χ0n) is 13.8. The first kappa shape index (κ1) is 16.7. The molecule has 4 nitrogen and oxygen atoms in total. The van der Waals surface area contributed by atoms with Gasteiger partial charge in [0.15, 0.2) is 0 Å². The van der Waals surface area contributed by atoms with Gasteiger partial charge < -0.3 is 4.42 Å². The lowest BCUT2D eigenvalue weighted by molar-refractivity contribution is -0.121. The summed E-state index contributed by atoms with van der Waals surface area (Å²) >= 11 is 0. The summed E-state index contributed by atoms with van der Waals surface area (Å²) in [7, 11) is 0. The molecule has 0 radical (unpaired) electrons. The van der Waals surface area contributed by atoms with Gasteiger partial charge in [-0.15, -0.1) is 0 Å². The van der Waals surface area contributed by atoms with Gasteiger partial charge >= 0.3 is 0 Å². The Bertz CT molecular complexity index is 755. The van der Waals surface area contributed by atoms with Gasteiger partial charge in [-0.05, 0) is 29.3 Å². The summed E-state index contributed by atoms with van der Waals surface area (Å²) in [6.07, 6.45) is 4.70. The molecule has 0 aliphatic rings. The average molecular weight is 332 g/mol. The van der Waals surface area contributed by atoms with Crippen molar-refractivity contribution in [2.75, 3.05) is 0 Å². The first-order valence-corrected chi connectivity index (χ1v) is 8.14. The second kappa shape index (κ2) is 8.66. The number of hydrazine groups is 1. The summed E-state index contributed by atoms with van der Waals surface area (Å²) in [6, 6.07) is 23.7. The van der Waals surface area contributed by atoms with Gasteiger partial charge in [-0.1, -0.05) is 60.7 Å². The SMILES string of the molecule is O=C(C=Cc1ccco1)NN(Cc1ccccc1)Cc1ccccc1. The fourth-order valence-corrected chi connectivity index (χ4v) is 2.48. The van der Waals surface area contributed by atoms with Gasteiger partial charge in [0.1, 0.15) is 5.76 Å². The third-order valence-electron chi connectivity index (χ3n) is 3.64. The van der Waals surface area contributed by atoms with Crippen molar-refractivity contribution >= 4 is 12.0 Å². The molecular weight excluding hydrogens is 312 g/mol. The van der Waals surface area contributed by atoms with Crippen molar-refractivity contribution in [3.63, 3.8) is 0 Å². The highest BCUT2D eigenvalue weighted by molar-refractivity contribution is 5.90. The second-order valence-corrected chi connectivity index (χ2v) is 5.65. The summed E-state index contributed by atoms with van der Waals surface area (Å²) in [5, 5.41) is 1.90. The molecule has 1 aromatic heterocycles. The van der Waals surface area contributed by atoms with Crippen LogP contribution in [0.1, 0.15) is 16.9 Å². The Labute approximate surface area is 147 Å². The largest absolute Gasteiger partial charge is 0.465 e. The molecule has 3 aromatic rings. The van der Waals surface area contributed by atoms with E-state index in [0.717, 1.165) is 11.1 Å². The van der Waals surface area contributed by atoms with Crippen LogP contribution in [0, 0.1) is 0 Å². The Kier molecular flexibility index (Phi) is 5.80. The summed E-state index contributed by atoms with van der Waals surface area (Å²) in [5.41, 5.74) is 5.21. The van der Waals surface area contributed by atoms with Crippen molar-refractivity contribution in [3.05, 3.63) is 102 Å². The molecule has 0 aliphatic carbocycles. The minimum absolute atomic E-state index is 0.191. The third-order valence-corrected chi connectivity index (χ3v) is 3.64. The van der Waals surface area contributed by atoms with Gasteiger partial charge in [0, 0.05) is 19.2 Å². The first-order valence-electron chi connectivity index (χ1n) is 8.14. The number of furan rings is 1. The smallest absolute Gasteiger partial charge is 0.258 e. The molecular formula is C21H20N2O2. The number of carbonyl (C=O) groups excluding carboxylic acids is 1. The highest BCUT2D eigenvalue weighted by Gasteiger charge is 2.09. The number of hydrogen-bond donors (Lipinski definition) is 1. The normalized spacial score (nSPS) is 11.1. The minimum atomic E-state index is -0.191. The maximum absolute atomic E-state index is 12.2. The van der Waals surface area contributed by atoms with Crippen LogP contribution < -0.4 is 5.43 Å². The number of amides is 1. The molecule has 126 valence electrons. The van der Waals surface area contributed by atoms with Crippen LogP contribution in [0.5, 0.6) is 0 Å². The minimum Gasteiger partial charge on any atom is -0.465 e. The molecule has 0 saturated heterocycles. The van der Waals surface area contributed by atoms with E-state index in [4.69, 9.17) is 4.42 Å². The molecule has 25 heavy (non-hydrogen) atoms. The van der Waals surface area contributed by atoms with Gasteiger partial charge in [0.05, 0.1) is 6.26 Å². The lowest BCUT2D eigenvalue weighted by atomic mass is 10.2. The van der Waals surface area contributed by atoms with Crippen molar-refractivity contribution < 1.29 is 9.21 Å². The number of rotatable bonds is 7. The van der Waals surface area contributed by atoms with E-state index in [1.165, 1.54) is 6.08 Å². The van der Waals surface area contributed by atoms with Gasteiger partial charge in [-0.3, -0.25) is 10.2 Å². The fourth-order valence-electron chi connectivity index (χ4n) is 2.48. The standard InChI is InChI=1S/C21H20N2O2/c24-21(14-13-20-12-7-15-25-20)22-23(16-18-8-3-1-4-9-18)17-19-10-5-2-6-11-19/h1-15H,16-17H2,(H,22,24). The fraction of sp³-hybridized carbons (Fsp3) is 0.0952. The van der Waals surface area contributed by atoms with Crippen molar-refractivity contribution in [1.29, 1.82) is 0 Å². The molecule has 0 aliphatic heterocycles. The zero-order chi connectivity index (χ0) is 17.3. The van der Waals surface area contributed by atoms with E-state index < -0.39 is 0 Å². The molecule has 2 aromatic carbocycles. The van der Waals surface area contributed by atoms with E-state index in [9.17, 15) is 4.79 Å². The Morgan fingerprint density at radius 2 is 1.48 bits per heavy atom. The quantitative estimate of drug-likeness (QED) is 0.525. The summed E-state index contributed by atoms with van der Waals surface area (Å²) in [4.78, 5) is 12.2. The Balaban J connectivity index is 1.67. The van der Waals surface area contributed by atoms with Crippen LogP contribution in [0.2, 0.25) is 0 Å². The third kappa shape index (κ3) is 5.48. The number of nitrogens with one attached hydrogen (secondary N) is 1. The highest BCUT2D eigenvalue weighted by atomic mass is 16.3. The van der Waals surface area contributed by atoms with Crippen LogP contribution >= 0.6 is 0 Å². The van der Waals surface area contributed by atoms with Gasteiger partial charge in [0.25, 0.3) is 5.91 Å². The molecule has 3 rings (SSSR count). The Hall–Kier alpha value is -3.11. The molecule has 0 spiro atoms. The summed E-state index contributed by atoms with van der Waals surface area (Å²) in [5.74, 6) is 0.455. The molecule has 0 fully saturated rings. The van der Waals surface area contributed by atoms with E-state index >= 15 is 0 Å². The second-order valence-electron chi connectivity index (χ2n) is 5.65. The van der Waals surface area contributed by atoms with E-state index in [-0.39, 0.29) is 5.91 Å². The molecule has 0 saturated carbocycles. The van der Waals surface area contributed by atoms with Gasteiger partial charge in [0.2, 0.25) is 0 Å². The van der Waals surface area contributed by atoms with E-state index in [1.807, 2.05) is 65.7 Å². The van der Waals surface area contributed by atoms with Crippen LogP contribution in [0.4, 0.5) is 0 Å². The van der Waals surface area contributed by atoms with Crippen LogP contribution in [-0.4, -0.2) is 10.9 Å².